The van der Waals surface area contributed by atoms with Crippen LogP contribution in [0.1, 0.15) is 12.0 Å². The number of benzene rings is 1. The molecule has 0 amide bonds. The molecule has 0 aliphatic carbocycles. The van der Waals surface area contributed by atoms with Gasteiger partial charge in [0.1, 0.15) is 6.61 Å². The van der Waals surface area contributed by atoms with Gasteiger partial charge in [-0.15, -0.1) is 0 Å². The first-order chi connectivity index (χ1) is 8.42. The average molecular weight is 278 g/mol. The molecule has 0 fully saturated rings. The van der Waals surface area contributed by atoms with E-state index >= 15 is 0 Å². The maximum Gasteiger partial charge on any atom is 0.317 e. The van der Waals surface area contributed by atoms with Crippen molar-refractivity contribution < 1.29 is 27.6 Å². The van der Waals surface area contributed by atoms with Gasteiger partial charge in [0.15, 0.2) is 0 Å². The second-order valence-corrected chi connectivity index (χ2v) is 4.49. The Morgan fingerprint density at radius 2 is 1.94 bits per heavy atom. The lowest BCUT2D eigenvalue weighted by molar-refractivity contribution is -0.146. The Morgan fingerprint density at radius 1 is 1.33 bits per heavy atom. The third-order valence-corrected chi connectivity index (χ3v) is 2.70. The van der Waals surface area contributed by atoms with Gasteiger partial charge in [-0.25, -0.2) is 0 Å². The Labute approximate surface area is 104 Å². The van der Waals surface area contributed by atoms with E-state index in [9.17, 15) is 18.1 Å². The van der Waals surface area contributed by atoms with Gasteiger partial charge in [-0.3, -0.25) is 9.36 Å². The van der Waals surface area contributed by atoms with E-state index < -0.39 is 33.0 Å². The van der Waals surface area contributed by atoms with Crippen LogP contribution in [0.25, 0.3) is 0 Å². The monoisotopic (exact) mass is 278 g/mol. The normalized spacial score (nSPS) is 13.3. The Balaban J connectivity index is 2.48. The molecule has 0 aliphatic rings. The molecular weight excluding hydrogens is 265 g/mol. The highest BCUT2D eigenvalue weighted by molar-refractivity contribution is 7.32. The van der Waals surface area contributed by atoms with E-state index in [1.54, 1.807) is 30.3 Å². The maximum atomic E-state index is 13.4. The van der Waals surface area contributed by atoms with Crippen LogP contribution in [0.3, 0.4) is 0 Å². The van der Waals surface area contributed by atoms with Crippen molar-refractivity contribution in [3.63, 3.8) is 0 Å². The van der Waals surface area contributed by atoms with Crippen LogP contribution < -0.4 is 0 Å². The number of hydrogen-bond acceptors (Lipinski definition) is 3. The van der Waals surface area contributed by atoms with Gasteiger partial charge in [0.25, 0.3) is 0 Å². The maximum absolute atomic E-state index is 13.4. The molecule has 4 nitrogen and oxygen atoms in total. The molecule has 0 aromatic heterocycles. The van der Waals surface area contributed by atoms with Gasteiger partial charge in [-0.05, 0) is 12.0 Å². The predicted molar refractivity (Wildman–Crippen MR) is 61.9 cm³/mol. The highest BCUT2D eigenvalue weighted by Gasteiger charge is 2.37. The Hall–Kier alpha value is -1.10. The number of hydrogen-bond donors (Lipinski definition) is 1. The van der Waals surface area contributed by atoms with Gasteiger partial charge < -0.3 is 9.42 Å². The molecule has 0 saturated heterocycles. The molecule has 1 unspecified atom stereocenters. The number of rotatable bonds is 7. The van der Waals surface area contributed by atoms with Crippen LogP contribution >= 0.6 is 8.25 Å². The van der Waals surface area contributed by atoms with Crippen LogP contribution in [0.5, 0.6) is 0 Å². The van der Waals surface area contributed by atoms with E-state index in [1.807, 2.05) is 0 Å². The van der Waals surface area contributed by atoms with Crippen molar-refractivity contribution >= 4 is 14.0 Å². The lowest BCUT2D eigenvalue weighted by Gasteiger charge is -2.14. The number of aryl methyl sites for hydroxylation is 1. The van der Waals surface area contributed by atoms with Crippen LogP contribution in [-0.2, 0) is 20.3 Å². The van der Waals surface area contributed by atoms with Gasteiger partial charge >= 0.3 is 14.2 Å². The van der Waals surface area contributed by atoms with Crippen molar-refractivity contribution in [1.29, 1.82) is 0 Å². The zero-order chi connectivity index (χ0) is 13.6. The molecule has 0 aliphatic heterocycles. The quantitative estimate of drug-likeness (QED) is 0.777. The second-order valence-electron chi connectivity index (χ2n) is 3.67. The van der Waals surface area contributed by atoms with Crippen molar-refractivity contribution in [2.45, 2.75) is 18.8 Å². The Kier molecular flexibility index (Phi) is 5.59. The third-order valence-electron chi connectivity index (χ3n) is 2.31. The first-order valence-electron chi connectivity index (χ1n) is 5.22. The SMILES string of the molecule is O=C(CO[PH](=O)O)C(F)(F)CCc1ccccc1. The smallest absolute Gasteiger partial charge is 0.317 e. The fourth-order valence-electron chi connectivity index (χ4n) is 1.32. The van der Waals surface area contributed by atoms with Crippen molar-refractivity contribution in [3.05, 3.63) is 35.9 Å². The number of alkyl halides is 2. The summed E-state index contributed by atoms with van der Waals surface area (Å²) >= 11 is 0. The lowest BCUT2D eigenvalue weighted by Crippen LogP contribution is -2.32. The first kappa shape index (κ1) is 15.0. The molecule has 0 saturated carbocycles. The first-order valence-corrected chi connectivity index (χ1v) is 6.49. The van der Waals surface area contributed by atoms with Crippen LogP contribution in [0.4, 0.5) is 8.78 Å². The molecule has 1 N–H and O–H groups in total. The van der Waals surface area contributed by atoms with E-state index in [0.717, 1.165) is 0 Å². The molecule has 0 radical (unpaired) electrons. The molecule has 0 heterocycles. The van der Waals surface area contributed by atoms with E-state index in [0.29, 0.717) is 5.56 Å². The number of carbonyl (C=O) groups excluding carboxylic acids is 1. The summed E-state index contributed by atoms with van der Waals surface area (Å²) in [6.45, 7) is -1.05. The average Bonchev–Trinajstić information content (AvgIpc) is 2.34. The molecule has 0 bridgehead atoms. The minimum atomic E-state index is -3.55. The summed E-state index contributed by atoms with van der Waals surface area (Å²) in [4.78, 5) is 19.4. The van der Waals surface area contributed by atoms with Crippen molar-refractivity contribution in [2.24, 2.45) is 0 Å². The van der Waals surface area contributed by atoms with Crippen LogP contribution in [-0.4, -0.2) is 23.2 Å². The van der Waals surface area contributed by atoms with E-state index in [4.69, 9.17) is 4.89 Å². The molecule has 18 heavy (non-hydrogen) atoms. The molecule has 0 spiro atoms. The lowest BCUT2D eigenvalue weighted by atomic mass is 10.0. The molecule has 1 aromatic carbocycles. The summed E-state index contributed by atoms with van der Waals surface area (Å²) in [7, 11) is -3.36. The fraction of sp³-hybridized carbons (Fsp3) is 0.364. The Morgan fingerprint density at radius 3 is 2.50 bits per heavy atom. The summed E-state index contributed by atoms with van der Waals surface area (Å²) in [5, 5.41) is 0. The number of halogens is 2. The second kappa shape index (κ2) is 6.73. The number of carbonyl (C=O) groups is 1. The summed E-state index contributed by atoms with van der Waals surface area (Å²) < 4.78 is 40.9. The molecule has 1 rings (SSSR count). The topological polar surface area (TPSA) is 63.6 Å². The van der Waals surface area contributed by atoms with E-state index in [2.05, 4.69) is 4.52 Å². The number of ketones is 1. The zero-order valence-corrected chi connectivity index (χ0v) is 10.4. The molecule has 1 atom stereocenters. The van der Waals surface area contributed by atoms with Gasteiger partial charge in [-0.1, -0.05) is 30.3 Å². The third kappa shape index (κ3) is 5.04. The molecule has 1 aromatic rings. The minimum Gasteiger partial charge on any atom is -0.326 e. The van der Waals surface area contributed by atoms with Gasteiger partial charge in [0.05, 0.1) is 0 Å². The highest BCUT2D eigenvalue weighted by atomic mass is 31.1. The standard InChI is InChI=1S/C11H13F2O4P/c12-11(13,10(14)8-17-18(15)16)7-6-9-4-2-1-3-5-9/h1-5,18H,6-8H2,(H,15,16). The largest absolute Gasteiger partial charge is 0.326 e. The fourth-order valence-corrected chi connectivity index (χ4v) is 1.57. The van der Waals surface area contributed by atoms with Crippen molar-refractivity contribution in [2.75, 3.05) is 6.61 Å². The highest BCUT2D eigenvalue weighted by Crippen LogP contribution is 2.24. The van der Waals surface area contributed by atoms with Crippen molar-refractivity contribution in [1.82, 2.24) is 0 Å². The van der Waals surface area contributed by atoms with Gasteiger partial charge in [0.2, 0.25) is 5.78 Å². The van der Waals surface area contributed by atoms with Crippen LogP contribution in [0.2, 0.25) is 0 Å². The number of Topliss-reactive ketones (excluding diaryl/α,β-unsaturated/α-hetero) is 1. The summed E-state index contributed by atoms with van der Waals surface area (Å²) in [5.41, 5.74) is 0.696. The van der Waals surface area contributed by atoms with E-state index in [1.165, 1.54) is 0 Å². The zero-order valence-electron chi connectivity index (χ0n) is 9.44. The summed E-state index contributed by atoms with van der Waals surface area (Å²) in [5.74, 6) is -5.03. The predicted octanol–water partition coefficient (Wildman–Crippen LogP) is 2.22. The van der Waals surface area contributed by atoms with Crippen LogP contribution in [0.15, 0.2) is 30.3 Å². The van der Waals surface area contributed by atoms with Gasteiger partial charge in [-0.2, -0.15) is 8.78 Å². The van der Waals surface area contributed by atoms with E-state index in [-0.39, 0.29) is 6.42 Å². The summed E-state index contributed by atoms with van der Waals surface area (Å²) in [6.07, 6.45) is -0.598. The van der Waals surface area contributed by atoms with Crippen LogP contribution in [0, 0.1) is 0 Å². The Bertz CT molecular complexity index is 422. The molecular formula is C11H13F2O4P. The summed E-state index contributed by atoms with van der Waals surface area (Å²) in [6, 6.07) is 8.57. The molecule has 100 valence electrons. The molecule has 7 heteroatoms. The van der Waals surface area contributed by atoms with Gasteiger partial charge in [0, 0.05) is 6.42 Å². The van der Waals surface area contributed by atoms with Crippen molar-refractivity contribution in [3.8, 4) is 0 Å². The minimum absolute atomic E-state index is 0.0495.